The van der Waals surface area contributed by atoms with Crippen LogP contribution in [0.2, 0.25) is 6.04 Å². The molecule has 0 aliphatic heterocycles. The average Bonchev–Trinajstić information content (AvgIpc) is 2.59. The molecule has 0 aromatic heterocycles. The summed E-state index contributed by atoms with van der Waals surface area (Å²) in [6, 6.07) is 0.455. The van der Waals surface area contributed by atoms with Crippen LogP contribution in [0.3, 0.4) is 0 Å². The lowest BCUT2D eigenvalue weighted by atomic mass is 10.2. The highest BCUT2D eigenvalue weighted by molar-refractivity contribution is 6.60. The number of hydrogen-bond donors (Lipinski definition) is 1. The summed E-state index contributed by atoms with van der Waals surface area (Å²) in [7, 11) is 0.126. The Morgan fingerprint density at radius 3 is 1.76 bits per heavy atom. The Labute approximate surface area is 144 Å². The number of hydrogen-bond acceptors (Lipinski definition) is 4. The third-order valence-electron chi connectivity index (χ3n) is 3.46. The second kappa shape index (κ2) is 9.46. The molecule has 4 nitrogen and oxygen atoms in total. The van der Waals surface area contributed by atoms with E-state index in [1.807, 2.05) is 13.8 Å². The fourth-order valence-corrected chi connectivity index (χ4v) is 4.53. The van der Waals surface area contributed by atoms with E-state index < -0.39 is 43.6 Å². The first kappa shape index (κ1) is 21.8. The Bertz CT molecular complexity index is 556. The lowest BCUT2D eigenvalue weighted by molar-refractivity contribution is 0.0694. The maximum atomic E-state index is 13.5. The average molecular weight is 387 g/mol. The highest BCUT2D eigenvalue weighted by Gasteiger charge is 2.39. The molecule has 0 amide bonds. The van der Waals surface area contributed by atoms with Gasteiger partial charge in [-0.2, -0.15) is 0 Å². The molecule has 0 saturated heterocycles. The smallest absolute Gasteiger partial charge is 0.380 e. The van der Waals surface area contributed by atoms with E-state index in [1.165, 1.54) is 14.2 Å². The van der Waals surface area contributed by atoms with Crippen LogP contribution in [0, 0.1) is 29.1 Å². The number of benzene rings is 1. The van der Waals surface area contributed by atoms with Gasteiger partial charge in [0.15, 0.2) is 23.3 Å². The SMILES string of the molecule is CO[Si](CCCCNc1c(F)c(F)c(F)c(F)c1F)(OC)OC(C)C. The number of unbranched alkanes of at least 4 members (excludes halogenated alkanes) is 1. The zero-order valence-corrected chi connectivity index (χ0v) is 15.5. The standard InChI is InChI=1S/C15H22F5NO3Si/c1-9(2)24-25(22-3,23-4)8-6-5-7-21-15-13(19)11(17)10(16)12(18)14(15)20/h9,21H,5-8H2,1-4H3. The van der Waals surface area contributed by atoms with E-state index in [4.69, 9.17) is 13.3 Å². The number of rotatable bonds is 10. The molecule has 0 aliphatic rings. The van der Waals surface area contributed by atoms with E-state index >= 15 is 0 Å². The quantitative estimate of drug-likeness (QED) is 0.214. The van der Waals surface area contributed by atoms with Crippen LogP contribution in [0.1, 0.15) is 26.7 Å². The van der Waals surface area contributed by atoms with Crippen molar-refractivity contribution in [1.82, 2.24) is 0 Å². The summed E-state index contributed by atoms with van der Waals surface area (Å²) in [5.41, 5.74) is -1.03. The van der Waals surface area contributed by atoms with E-state index in [0.717, 1.165) is 0 Å². The van der Waals surface area contributed by atoms with Crippen molar-refractivity contribution in [1.29, 1.82) is 0 Å². The van der Waals surface area contributed by atoms with Crippen LogP contribution >= 0.6 is 0 Å². The van der Waals surface area contributed by atoms with Crippen molar-refractivity contribution in [2.24, 2.45) is 0 Å². The first-order valence-electron chi connectivity index (χ1n) is 7.72. The van der Waals surface area contributed by atoms with E-state index in [1.54, 1.807) is 0 Å². The molecule has 1 N–H and O–H groups in total. The summed E-state index contributed by atoms with van der Waals surface area (Å²) in [4.78, 5) is 0. The molecule has 0 unspecified atom stereocenters. The van der Waals surface area contributed by atoms with Gasteiger partial charge in [-0.25, -0.2) is 22.0 Å². The topological polar surface area (TPSA) is 39.7 Å². The van der Waals surface area contributed by atoms with Crippen molar-refractivity contribution in [3.63, 3.8) is 0 Å². The van der Waals surface area contributed by atoms with Crippen molar-refractivity contribution in [2.75, 3.05) is 26.1 Å². The Kier molecular flexibility index (Phi) is 8.25. The van der Waals surface area contributed by atoms with Gasteiger partial charge >= 0.3 is 8.80 Å². The molecule has 0 bridgehead atoms. The monoisotopic (exact) mass is 387 g/mol. The Hall–Kier alpha value is -1.23. The third kappa shape index (κ3) is 5.37. The van der Waals surface area contributed by atoms with Crippen molar-refractivity contribution >= 4 is 14.5 Å². The van der Waals surface area contributed by atoms with Crippen molar-refractivity contribution in [2.45, 2.75) is 38.8 Å². The predicted molar refractivity (Wildman–Crippen MR) is 84.8 cm³/mol. The van der Waals surface area contributed by atoms with Gasteiger partial charge in [0, 0.05) is 32.9 Å². The Balaban J connectivity index is 2.62. The lowest BCUT2D eigenvalue weighted by Gasteiger charge is -2.28. The maximum absolute atomic E-state index is 13.5. The second-order valence-electron chi connectivity index (χ2n) is 5.59. The summed E-state index contributed by atoms with van der Waals surface area (Å²) in [6.07, 6.45) is 0.809. The zero-order valence-electron chi connectivity index (χ0n) is 14.5. The summed E-state index contributed by atoms with van der Waals surface area (Å²) >= 11 is 0. The summed E-state index contributed by atoms with van der Waals surface area (Å²) in [5.74, 6) is -9.88. The minimum atomic E-state index is -2.83. The molecule has 0 aliphatic carbocycles. The van der Waals surface area contributed by atoms with Crippen molar-refractivity contribution < 1.29 is 35.2 Å². The molecule has 1 rings (SSSR count). The molecular weight excluding hydrogens is 365 g/mol. The van der Waals surface area contributed by atoms with Gasteiger partial charge in [0.2, 0.25) is 5.82 Å². The van der Waals surface area contributed by atoms with Crippen LogP contribution in [-0.4, -0.2) is 35.7 Å². The van der Waals surface area contributed by atoms with Gasteiger partial charge in [-0.3, -0.25) is 0 Å². The molecule has 0 atom stereocenters. The molecular formula is C15H22F5NO3Si. The molecule has 144 valence electrons. The molecule has 1 aromatic rings. The fourth-order valence-electron chi connectivity index (χ4n) is 2.24. The van der Waals surface area contributed by atoms with Gasteiger partial charge in [0.05, 0.1) is 0 Å². The van der Waals surface area contributed by atoms with Gasteiger partial charge in [-0.15, -0.1) is 0 Å². The van der Waals surface area contributed by atoms with Crippen LogP contribution in [0.15, 0.2) is 0 Å². The Morgan fingerprint density at radius 1 is 0.840 bits per heavy atom. The summed E-state index contributed by atoms with van der Waals surface area (Å²) in [5, 5.41) is 2.25. The zero-order chi connectivity index (χ0) is 19.2. The molecule has 0 radical (unpaired) electrons. The number of anilines is 1. The highest BCUT2D eigenvalue weighted by Crippen LogP contribution is 2.27. The summed E-state index contributed by atoms with van der Waals surface area (Å²) < 4.78 is 82.6. The second-order valence-corrected chi connectivity index (χ2v) is 8.50. The molecule has 0 saturated carbocycles. The minimum absolute atomic E-state index is 0.0118. The molecule has 25 heavy (non-hydrogen) atoms. The van der Waals surface area contributed by atoms with Gasteiger partial charge in [-0.05, 0) is 26.7 Å². The largest absolute Gasteiger partial charge is 0.500 e. The Morgan fingerprint density at radius 2 is 1.32 bits per heavy atom. The molecule has 10 heteroatoms. The normalized spacial score (nSPS) is 12.1. The van der Waals surface area contributed by atoms with Crippen molar-refractivity contribution in [3.05, 3.63) is 29.1 Å². The number of nitrogens with one attached hydrogen (secondary N) is 1. The molecule has 0 fully saturated rings. The van der Waals surface area contributed by atoms with Gasteiger partial charge < -0.3 is 18.6 Å². The first-order valence-corrected chi connectivity index (χ1v) is 9.65. The van der Waals surface area contributed by atoms with Crippen LogP contribution in [0.4, 0.5) is 27.6 Å². The van der Waals surface area contributed by atoms with Crippen molar-refractivity contribution in [3.8, 4) is 0 Å². The van der Waals surface area contributed by atoms with Crippen LogP contribution < -0.4 is 5.32 Å². The van der Waals surface area contributed by atoms with Gasteiger partial charge in [0.1, 0.15) is 5.69 Å². The highest BCUT2D eigenvalue weighted by atomic mass is 28.4. The minimum Gasteiger partial charge on any atom is -0.380 e. The fraction of sp³-hybridized carbons (Fsp3) is 0.600. The van der Waals surface area contributed by atoms with E-state index in [9.17, 15) is 22.0 Å². The molecule has 1 aromatic carbocycles. The maximum Gasteiger partial charge on any atom is 0.500 e. The van der Waals surface area contributed by atoms with E-state index in [-0.39, 0.29) is 12.6 Å². The summed E-state index contributed by atoms with van der Waals surface area (Å²) in [6.45, 7) is 3.69. The number of halogens is 5. The van der Waals surface area contributed by atoms with Crippen LogP contribution in [-0.2, 0) is 13.3 Å². The third-order valence-corrected chi connectivity index (χ3v) is 6.50. The van der Waals surface area contributed by atoms with Crippen LogP contribution in [0.25, 0.3) is 0 Å². The first-order chi connectivity index (χ1) is 11.7. The van der Waals surface area contributed by atoms with Gasteiger partial charge in [0.25, 0.3) is 0 Å². The predicted octanol–water partition coefficient (Wildman–Crippen LogP) is 4.23. The molecule has 0 heterocycles. The lowest BCUT2D eigenvalue weighted by Crippen LogP contribution is -2.45. The van der Waals surface area contributed by atoms with Gasteiger partial charge in [-0.1, -0.05) is 0 Å². The molecule has 0 spiro atoms. The van der Waals surface area contributed by atoms with E-state index in [2.05, 4.69) is 5.32 Å². The van der Waals surface area contributed by atoms with Crippen LogP contribution in [0.5, 0.6) is 0 Å². The van der Waals surface area contributed by atoms with E-state index in [0.29, 0.717) is 18.9 Å².